The standard InChI is InChI=1S/CH3NO.Na.H2O4S/c2-1-3;;1-5(2,3)4/h1H,(H2,2,3);;(H2,1,2,3,4)/q;+1;/p-1. The minimum absolute atomic E-state index is 0. The van der Waals surface area contributed by atoms with Gasteiger partial charge in [0, 0.05) is 6.41 Å². The van der Waals surface area contributed by atoms with E-state index in [1.54, 1.807) is 0 Å². The van der Waals surface area contributed by atoms with Crippen molar-refractivity contribution in [1.29, 1.82) is 0 Å². The third-order valence-electron chi connectivity index (χ3n) is 0. The second-order valence-electron chi connectivity index (χ2n) is 0.566. The summed E-state index contributed by atoms with van der Waals surface area (Å²) < 4.78 is 31.6. The summed E-state index contributed by atoms with van der Waals surface area (Å²) in [5.74, 6) is 0. The summed E-state index contributed by atoms with van der Waals surface area (Å²) >= 11 is 0. The Morgan fingerprint density at radius 3 is 1.33 bits per heavy atom. The van der Waals surface area contributed by atoms with Crippen molar-refractivity contribution in [3.8, 4) is 0 Å². The molecule has 0 aliphatic rings. The van der Waals surface area contributed by atoms with Crippen molar-refractivity contribution in [3.63, 3.8) is 0 Å². The molecule has 0 aromatic heterocycles. The van der Waals surface area contributed by atoms with Crippen LogP contribution in [0.2, 0.25) is 0 Å². The van der Waals surface area contributed by atoms with Gasteiger partial charge in [-0.15, -0.1) is 0 Å². The molecule has 3 N–H and O–H groups in total. The zero-order valence-corrected chi connectivity index (χ0v) is 7.42. The predicted octanol–water partition coefficient (Wildman–Crippen LogP) is -3.45. The van der Waals surface area contributed by atoms with Crippen molar-refractivity contribution in [3.05, 3.63) is 5.73 Å². The smallest absolute Gasteiger partial charge is 0.671 e. The van der Waals surface area contributed by atoms with Crippen LogP contribution in [0.25, 0.3) is 5.73 Å². The molecule has 0 bridgehead atoms. The fourth-order valence-electron chi connectivity index (χ4n) is 0. The van der Waals surface area contributed by atoms with Gasteiger partial charge < -0.3 is 10.5 Å². The zero-order valence-electron chi connectivity index (χ0n) is 4.60. The minimum atomic E-state index is -4.67. The van der Waals surface area contributed by atoms with Gasteiger partial charge in [-0.2, -0.15) is 8.42 Å². The molecule has 0 aromatic rings. The average Bonchev–Trinajstić information content (AvgIpc) is 1.27. The molecule has 0 radical (unpaired) electrons. The Balaban J connectivity index is -0.0000000800. The molecule has 0 saturated heterocycles. The SMILES string of the molecule is O=S(=O)(O)O.[NH-]C=O.[Na+]. The van der Waals surface area contributed by atoms with E-state index in [0.29, 0.717) is 0 Å². The van der Waals surface area contributed by atoms with E-state index in [1.807, 2.05) is 0 Å². The number of rotatable bonds is 0. The van der Waals surface area contributed by atoms with Gasteiger partial charge in [0.15, 0.2) is 0 Å². The molecule has 0 spiro atoms. The van der Waals surface area contributed by atoms with Crippen LogP contribution in [0.3, 0.4) is 0 Å². The van der Waals surface area contributed by atoms with E-state index in [-0.39, 0.29) is 36.0 Å². The maximum Gasteiger partial charge on any atom is 1.00 e. The van der Waals surface area contributed by atoms with E-state index >= 15 is 0 Å². The molecule has 0 atom stereocenters. The van der Waals surface area contributed by atoms with Crippen molar-refractivity contribution in [2.45, 2.75) is 0 Å². The van der Waals surface area contributed by atoms with Crippen LogP contribution in [0.15, 0.2) is 0 Å². The van der Waals surface area contributed by atoms with E-state index in [9.17, 15) is 0 Å². The average molecular weight is 165 g/mol. The van der Waals surface area contributed by atoms with Crippen molar-refractivity contribution in [2.24, 2.45) is 0 Å². The molecule has 0 aliphatic heterocycles. The Morgan fingerprint density at radius 1 is 1.33 bits per heavy atom. The number of hydrogen-bond donors (Lipinski definition) is 2. The summed E-state index contributed by atoms with van der Waals surface area (Å²) in [7, 11) is -4.67. The van der Waals surface area contributed by atoms with Gasteiger partial charge in [0.2, 0.25) is 0 Å². The van der Waals surface area contributed by atoms with Crippen LogP contribution in [-0.4, -0.2) is 23.9 Å². The summed E-state index contributed by atoms with van der Waals surface area (Å²) in [6, 6.07) is 0. The molecule has 1 amide bonds. The first-order valence-corrected chi connectivity index (χ1v) is 2.62. The van der Waals surface area contributed by atoms with Crippen molar-refractivity contribution in [2.75, 3.05) is 0 Å². The van der Waals surface area contributed by atoms with Crippen LogP contribution in [0.5, 0.6) is 0 Å². The first kappa shape index (κ1) is 16.2. The van der Waals surface area contributed by atoms with E-state index in [0.717, 1.165) is 0 Å². The predicted molar refractivity (Wildman–Crippen MR) is 24.6 cm³/mol. The number of carbonyl (C=O) groups excluding carboxylic acids is 1. The molecule has 0 rings (SSSR count). The van der Waals surface area contributed by atoms with Gasteiger partial charge in [-0.05, 0) is 0 Å². The second-order valence-corrected chi connectivity index (χ2v) is 1.46. The van der Waals surface area contributed by atoms with Crippen molar-refractivity contribution < 1.29 is 51.9 Å². The monoisotopic (exact) mass is 165 g/mol. The molecule has 0 aliphatic carbocycles. The normalized spacial score (nSPS) is 7.78. The summed E-state index contributed by atoms with van der Waals surface area (Å²) in [5.41, 5.74) is 5.53. The maximum atomic E-state index is 8.74. The number of carbonyl (C=O) groups is 1. The summed E-state index contributed by atoms with van der Waals surface area (Å²) in [5, 5.41) is 0. The molecule has 0 aromatic carbocycles. The van der Waals surface area contributed by atoms with Crippen LogP contribution in [-0.2, 0) is 15.2 Å². The number of hydrogen-bond acceptors (Lipinski definition) is 3. The maximum absolute atomic E-state index is 8.74. The van der Waals surface area contributed by atoms with Crippen LogP contribution in [0, 0.1) is 0 Å². The topological polar surface area (TPSA) is 115 Å². The van der Waals surface area contributed by atoms with Gasteiger partial charge in [0.05, 0.1) is 0 Å². The Morgan fingerprint density at radius 2 is 1.33 bits per heavy atom. The number of nitrogens with one attached hydrogen (secondary N) is 1. The van der Waals surface area contributed by atoms with E-state index < -0.39 is 10.4 Å². The summed E-state index contributed by atoms with van der Waals surface area (Å²) in [4.78, 5) is 8.47. The molecular weight excluding hydrogens is 161 g/mol. The van der Waals surface area contributed by atoms with Gasteiger partial charge in [-0.1, -0.05) is 0 Å². The van der Waals surface area contributed by atoms with Crippen LogP contribution >= 0.6 is 0 Å². The fourth-order valence-corrected chi connectivity index (χ4v) is 0. The molecule has 0 heterocycles. The van der Waals surface area contributed by atoms with Crippen molar-refractivity contribution in [1.82, 2.24) is 0 Å². The largest absolute Gasteiger partial charge is 1.00 e. The van der Waals surface area contributed by atoms with E-state index in [2.05, 4.69) is 0 Å². The second kappa shape index (κ2) is 8.34. The van der Waals surface area contributed by atoms with Crippen LogP contribution < -0.4 is 29.6 Å². The summed E-state index contributed by atoms with van der Waals surface area (Å²) in [6.07, 6.45) is 0. The molecule has 50 valence electrons. The Kier molecular flexibility index (Phi) is 15.0. The van der Waals surface area contributed by atoms with E-state index in [1.165, 1.54) is 0 Å². The van der Waals surface area contributed by atoms with Gasteiger partial charge in [-0.3, -0.25) is 9.11 Å². The van der Waals surface area contributed by atoms with Gasteiger partial charge in [0.25, 0.3) is 0 Å². The molecule has 0 unspecified atom stereocenters. The Labute approximate surface area is 74.3 Å². The first-order chi connectivity index (χ1) is 3.41. The van der Waals surface area contributed by atoms with E-state index in [4.69, 9.17) is 28.1 Å². The molecule has 8 heteroatoms. The molecule has 0 fully saturated rings. The Bertz CT molecular complexity index is 131. The summed E-state index contributed by atoms with van der Waals surface area (Å²) in [6.45, 7) is 0. The third-order valence-corrected chi connectivity index (χ3v) is 0. The molecular formula is CH4NNaO5S. The first-order valence-electron chi connectivity index (χ1n) is 1.22. The van der Waals surface area contributed by atoms with Gasteiger partial charge in [-0.25, -0.2) is 0 Å². The van der Waals surface area contributed by atoms with Crippen molar-refractivity contribution >= 4 is 16.8 Å². The third kappa shape index (κ3) is 2900. The molecule has 9 heavy (non-hydrogen) atoms. The van der Waals surface area contributed by atoms with Gasteiger partial charge >= 0.3 is 40.0 Å². The molecule has 0 saturated carbocycles. The molecule has 6 nitrogen and oxygen atoms in total. The minimum Gasteiger partial charge on any atom is -0.671 e. The fraction of sp³-hybridized carbons (Fsp3) is 0. The Hall–Kier alpha value is 0.340. The van der Waals surface area contributed by atoms with Gasteiger partial charge in [0.1, 0.15) is 0 Å². The zero-order chi connectivity index (χ0) is 7.21. The van der Waals surface area contributed by atoms with Crippen LogP contribution in [0.4, 0.5) is 0 Å². The quantitative estimate of drug-likeness (QED) is 0.220. The number of amides is 1. The van der Waals surface area contributed by atoms with Crippen LogP contribution in [0.1, 0.15) is 0 Å².